The molecule has 0 atom stereocenters. The molecule has 3 rings (SSSR count). The molecule has 0 saturated carbocycles. The zero-order chi connectivity index (χ0) is 16.1. The molecule has 0 unspecified atom stereocenters. The second kappa shape index (κ2) is 8.86. The fraction of sp³-hybridized carbons (Fsp3) is 0.333. The molecule has 2 aromatic rings. The van der Waals surface area contributed by atoms with Gasteiger partial charge in [0.1, 0.15) is 5.82 Å². The van der Waals surface area contributed by atoms with Crippen LogP contribution < -0.4 is 16.0 Å². The van der Waals surface area contributed by atoms with Crippen LogP contribution in [0.1, 0.15) is 24.1 Å². The standard InChI is InChI=1S/C18H23N5.HI/c1-14-11-15(12-17(21-14)23-9-5-6-10-23)13-20-18(19)22-16-7-3-2-4-8-16;/h2-4,7-8,11-12H,5-6,9-10,13H2,1H3,(H3,19,20,22);1H. The lowest BCUT2D eigenvalue weighted by atomic mass is 10.2. The highest BCUT2D eigenvalue weighted by atomic mass is 127. The van der Waals surface area contributed by atoms with Gasteiger partial charge in [0.05, 0.1) is 6.54 Å². The molecule has 1 saturated heterocycles. The van der Waals surface area contributed by atoms with Crippen LogP contribution in [0.2, 0.25) is 0 Å². The molecule has 2 heterocycles. The van der Waals surface area contributed by atoms with E-state index >= 15 is 0 Å². The number of hydrogen-bond acceptors (Lipinski definition) is 3. The number of para-hydroxylation sites is 1. The summed E-state index contributed by atoms with van der Waals surface area (Å²) in [5.74, 6) is 1.48. The van der Waals surface area contributed by atoms with Gasteiger partial charge in [0.15, 0.2) is 5.96 Å². The van der Waals surface area contributed by atoms with Crippen LogP contribution in [0.15, 0.2) is 47.5 Å². The normalized spacial score (nSPS) is 14.4. The minimum Gasteiger partial charge on any atom is -0.370 e. The summed E-state index contributed by atoms with van der Waals surface area (Å²) >= 11 is 0. The third-order valence-electron chi connectivity index (χ3n) is 3.91. The highest BCUT2D eigenvalue weighted by Crippen LogP contribution is 2.20. The number of pyridine rings is 1. The lowest BCUT2D eigenvalue weighted by Gasteiger charge is -2.17. The molecular formula is C18H24IN5. The first kappa shape index (κ1) is 18.5. The van der Waals surface area contributed by atoms with E-state index in [9.17, 15) is 0 Å². The van der Waals surface area contributed by atoms with E-state index in [0.29, 0.717) is 12.5 Å². The molecule has 0 aliphatic carbocycles. The van der Waals surface area contributed by atoms with Crippen LogP contribution in [-0.4, -0.2) is 24.0 Å². The largest absolute Gasteiger partial charge is 0.370 e. The van der Waals surface area contributed by atoms with Crippen LogP contribution in [0.5, 0.6) is 0 Å². The van der Waals surface area contributed by atoms with Crippen molar-refractivity contribution in [2.75, 3.05) is 23.3 Å². The summed E-state index contributed by atoms with van der Waals surface area (Å²) in [5.41, 5.74) is 9.07. The van der Waals surface area contributed by atoms with Gasteiger partial charge < -0.3 is 16.0 Å². The SMILES string of the molecule is Cc1cc(CN=C(N)Nc2ccccc2)cc(N2CCCC2)n1.I. The Labute approximate surface area is 160 Å². The lowest BCUT2D eigenvalue weighted by molar-refractivity contribution is 0.918. The van der Waals surface area contributed by atoms with Gasteiger partial charge in [0.25, 0.3) is 0 Å². The number of guanidine groups is 1. The van der Waals surface area contributed by atoms with E-state index in [-0.39, 0.29) is 24.0 Å². The number of halogens is 1. The zero-order valence-corrected chi connectivity index (χ0v) is 16.2. The van der Waals surface area contributed by atoms with Crippen molar-refractivity contribution in [3.63, 3.8) is 0 Å². The lowest BCUT2D eigenvalue weighted by Crippen LogP contribution is -2.22. The summed E-state index contributed by atoms with van der Waals surface area (Å²) in [7, 11) is 0. The van der Waals surface area contributed by atoms with E-state index in [1.807, 2.05) is 37.3 Å². The van der Waals surface area contributed by atoms with Crippen molar-refractivity contribution in [2.24, 2.45) is 10.7 Å². The Morgan fingerprint density at radius 3 is 2.62 bits per heavy atom. The number of anilines is 2. The van der Waals surface area contributed by atoms with Crippen LogP contribution in [0, 0.1) is 6.92 Å². The molecule has 1 aromatic heterocycles. The van der Waals surface area contributed by atoms with E-state index in [1.54, 1.807) is 0 Å². The molecule has 128 valence electrons. The highest BCUT2D eigenvalue weighted by molar-refractivity contribution is 14.0. The summed E-state index contributed by atoms with van der Waals surface area (Å²) < 4.78 is 0. The van der Waals surface area contributed by atoms with Gasteiger partial charge >= 0.3 is 0 Å². The molecule has 1 aliphatic rings. The fourth-order valence-electron chi connectivity index (χ4n) is 2.81. The summed E-state index contributed by atoms with van der Waals surface area (Å²) in [6.45, 7) is 4.77. The van der Waals surface area contributed by atoms with Crippen LogP contribution >= 0.6 is 24.0 Å². The number of nitrogens with two attached hydrogens (primary N) is 1. The topological polar surface area (TPSA) is 66.5 Å². The van der Waals surface area contributed by atoms with E-state index in [2.05, 4.69) is 32.3 Å². The number of aromatic nitrogens is 1. The van der Waals surface area contributed by atoms with Gasteiger partial charge in [-0.1, -0.05) is 18.2 Å². The third-order valence-corrected chi connectivity index (χ3v) is 3.91. The molecule has 0 spiro atoms. The van der Waals surface area contributed by atoms with E-state index in [0.717, 1.165) is 35.9 Å². The van der Waals surface area contributed by atoms with Crippen LogP contribution in [-0.2, 0) is 6.54 Å². The molecular weight excluding hydrogens is 413 g/mol. The van der Waals surface area contributed by atoms with Crippen LogP contribution in [0.4, 0.5) is 11.5 Å². The van der Waals surface area contributed by atoms with E-state index < -0.39 is 0 Å². The zero-order valence-electron chi connectivity index (χ0n) is 13.9. The molecule has 5 nitrogen and oxygen atoms in total. The van der Waals surface area contributed by atoms with E-state index in [1.165, 1.54) is 12.8 Å². The van der Waals surface area contributed by atoms with Crippen molar-refractivity contribution < 1.29 is 0 Å². The minimum absolute atomic E-state index is 0. The summed E-state index contributed by atoms with van der Waals surface area (Å²) in [4.78, 5) is 11.4. The van der Waals surface area contributed by atoms with Gasteiger partial charge in [-0.25, -0.2) is 9.98 Å². The minimum atomic E-state index is 0. The Morgan fingerprint density at radius 1 is 1.21 bits per heavy atom. The summed E-state index contributed by atoms with van der Waals surface area (Å²) in [5, 5.41) is 3.10. The van der Waals surface area contributed by atoms with Crippen molar-refractivity contribution in [1.82, 2.24) is 4.98 Å². The predicted molar refractivity (Wildman–Crippen MR) is 111 cm³/mol. The van der Waals surface area contributed by atoms with Crippen molar-refractivity contribution in [3.05, 3.63) is 53.7 Å². The van der Waals surface area contributed by atoms with Crippen LogP contribution in [0.25, 0.3) is 0 Å². The molecule has 0 amide bonds. The predicted octanol–water partition coefficient (Wildman–Crippen LogP) is 3.54. The van der Waals surface area contributed by atoms with Crippen molar-refractivity contribution >= 4 is 41.4 Å². The average Bonchev–Trinajstić information content (AvgIpc) is 3.08. The molecule has 24 heavy (non-hydrogen) atoms. The molecule has 0 radical (unpaired) electrons. The molecule has 1 aromatic carbocycles. The number of benzene rings is 1. The maximum atomic E-state index is 5.96. The summed E-state index contributed by atoms with van der Waals surface area (Å²) in [6, 6.07) is 14.0. The molecule has 1 fully saturated rings. The first-order valence-corrected chi connectivity index (χ1v) is 8.05. The van der Waals surface area contributed by atoms with Gasteiger partial charge in [0.2, 0.25) is 0 Å². The monoisotopic (exact) mass is 437 g/mol. The second-order valence-electron chi connectivity index (χ2n) is 5.86. The number of rotatable bonds is 4. The maximum absolute atomic E-state index is 5.96. The maximum Gasteiger partial charge on any atom is 0.193 e. The van der Waals surface area contributed by atoms with Gasteiger partial charge in [0, 0.05) is 24.5 Å². The van der Waals surface area contributed by atoms with Gasteiger partial charge in [-0.2, -0.15) is 0 Å². The quantitative estimate of drug-likeness (QED) is 0.437. The highest BCUT2D eigenvalue weighted by Gasteiger charge is 2.14. The third kappa shape index (κ3) is 5.09. The van der Waals surface area contributed by atoms with Gasteiger partial charge in [-0.05, 0) is 49.6 Å². The summed E-state index contributed by atoms with van der Waals surface area (Å²) in [6.07, 6.45) is 2.49. The van der Waals surface area contributed by atoms with Crippen molar-refractivity contribution in [2.45, 2.75) is 26.3 Å². The number of hydrogen-bond donors (Lipinski definition) is 2. The van der Waals surface area contributed by atoms with Gasteiger partial charge in [-0.3, -0.25) is 0 Å². The Balaban J connectivity index is 0.00000208. The Hall–Kier alpha value is -1.83. The average molecular weight is 437 g/mol. The van der Waals surface area contributed by atoms with Crippen molar-refractivity contribution in [1.29, 1.82) is 0 Å². The molecule has 3 N–H and O–H groups in total. The fourth-order valence-corrected chi connectivity index (χ4v) is 2.81. The van der Waals surface area contributed by atoms with Gasteiger partial charge in [-0.15, -0.1) is 24.0 Å². The van der Waals surface area contributed by atoms with Crippen molar-refractivity contribution in [3.8, 4) is 0 Å². The molecule has 6 heteroatoms. The first-order valence-electron chi connectivity index (χ1n) is 8.05. The Kier molecular flexibility index (Phi) is 6.84. The number of nitrogens with zero attached hydrogens (tertiary/aromatic N) is 3. The number of aliphatic imine (C=N–C) groups is 1. The number of aryl methyl sites for hydroxylation is 1. The first-order chi connectivity index (χ1) is 11.2. The van der Waals surface area contributed by atoms with Crippen LogP contribution in [0.3, 0.4) is 0 Å². The second-order valence-corrected chi connectivity index (χ2v) is 5.86. The Bertz CT molecular complexity index is 681. The molecule has 1 aliphatic heterocycles. The smallest absolute Gasteiger partial charge is 0.193 e. The number of nitrogens with one attached hydrogen (secondary N) is 1. The Morgan fingerprint density at radius 2 is 1.92 bits per heavy atom. The van der Waals surface area contributed by atoms with E-state index in [4.69, 9.17) is 5.73 Å². The molecule has 0 bridgehead atoms.